The van der Waals surface area contributed by atoms with Gasteiger partial charge in [-0.2, -0.15) is 4.31 Å². The summed E-state index contributed by atoms with van der Waals surface area (Å²) in [5, 5.41) is 2.02. The van der Waals surface area contributed by atoms with E-state index in [0.717, 1.165) is 4.88 Å². The minimum atomic E-state index is -3.60. The van der Waals surface area contributed by atoms with E-state index < -0.39 is 10.0 Å². The molecule has 0 saturated heterocycles. The van der Waals surface area contributed by atoms with E-state index in [-0.39, 0.29) is 10.8 Å². The van der Waals surface area contributed by atoms with Crippen LogP contribution in [0.3, 0.4) is 0 Å². The molecular formula is C11H16N4O2S2. The number of hydrogen-bond donors (Lipinski definition) is 1. The van der Waals surface area contributed by atoms with Crippen LogP contribution in [0.1, 0.15) is 4.88 Å². The van der Waals surface area contributed by atoms with E-state index in [2.05, 4.69) is 4.98 Å². The fraction of sp³-hybridized carbons (Fsp3) is 0.364. The molecule has 2 N–H and O–H groups in total. The lowest BCUT2D eigenvalue weighted by Gasteiger charge is -2.17. The average molecular weight is 300 g/mol. The molecule has 0 amide bonds. The van der Waals surface area contributed by atoms with Crippen LogP contribution in [0.5, 0.6) is 0 Å². The van der Waals surface area contributed by atoms with E-state index in [4.69, 9.17) is 5.73 Å². The Morgan fingerprint density at radius 2 is 2.26 bits per heavy atom. The van der Waals surface area contributed by atoms with Crippen molar-refractivity contribution in [2.24, 2.45) is 7.05 Å². The smallest absolute Gasteiger partial charge is 0.262 e. The molecule has 0 saturated carbocycles. The Kier molecular flexibility index (Phi) is 3.93. The molecule has 19 heavy (non-hydrogen) atoms. The quantitative estimate of drug-likeness (QED) is 0.890. The number of anilines is 1. The topological polar surface area (TPSA) is 81.2 Å². The summed E-state index contributed by atoms with van der Waals surface area (Å²) < 4.78 is 27.5. The van der Waals surface area contributed by atoms with Gasteiger partial charge in [-0.05, 0) is 17.9 Å². The van der Waals surface area contributed by atoms with Gasteiger partial charge in [0.1, 0.15) is 0 Å². The van der Waals surface area contributed by atoms with Crippen LogP contribution < -0.4 is 5.73 Å². The lowest BCUT2D eigenvalue weighted by molar-refractivity contribution is 0.467. The van der Waals surface area contributed by atoms with E-state index in [9.17, 15) is 8.42 Å². The Morgan fingerprint density at radius 1 is 1.53 bits per heavy atom. The third-order valence-corrected chi connectivity index (χ3v) is 5.74. The van der Waals surface area contributed by atoms with Crippen molar-refractivity contribution >= 4 is 27.2 Å². The number of imidazole rings is 1. The molecule has 104 valence electrons. The number of nitrogen functional groups attached to an aromatic ring is 1. The molecule has 0 aliphatic carbocycles. The summed E-state index contributed by atoms with van der Waals surface area (Å²) in [5.74, 6) is 0.0328. The van der Waals surface area contributed by atoms with Crippen LogP contribution in [-0.2, 0) is 23.5 Å². The van der Waals surface area contributed by atoms with Crippen LogP contribution in [0, 0.1) is 0 Å². The molecule has 2 rings (SSSR count). The van der Waals surface area contributed by atoms with Crippen molar-refractivity contribution in [1.29, 1.82) is 0 Å². The Balaban J connectivity index is 2.16. The van der Waals surface area contributed by atoms with E-state index in [1.165, 1.54) is 15.2 Å². The van der Waals surface area contributed by atoms with Crippen LogP contribution in [-0.4, -0.2) is 35.9 Å². The van der Waals surface area contributed by atoms with Crippen LogP contribution in [0.15, 0.2) is 28.9 Å². The number of thiophene rings is 1. The normalized spacial score (nSPS) is 12.2. The van der Waals surface area contributed by atoms with Gasteiger partial charge in [-0.1, -0.05) is 6.07 Å². The molecule has 0 aromatic carbocycles. The summed E-state index contributed by atoms with van der Waals surface area (Å²) in [5.41, 5.74) is 5.62. The van der Waals surface area contributed by atoms with Crippen LogP contribution in [0.2, 0.25) is 0 Å². The third-order valence-electron chi connectivity index (χ3n) is 2.82. The van der Waals surface area contributed by atoms with Crippen molar-refractivity contribution in [3.63, 3.8) is 0 Å². The zero-order chi connectivity index (χ0) is 14.0. The first-order valence-electron chi connectivity index (χ1n) is 5.68. The molecular weight excluding hydrogens is 284 g/mol. The molecule has 0 atom stereocenters. The Morgan fingerprint density at radius 3 is 2.79 bits per heavy atom. The van der Waals surface area contributed by atoms with Crippen molar-refractivity contribution in [3.05, 3.63) is 28.7 Å². The first kappa shape index (κ1) is 14.0. The first-order chi connectivity index (χ1) is 8.93. The lowest BCUT2D eigenvalue weighted by Crippen LogP contribution is -2.30. The third kappa shape index (κ3) is 2.80. The SMILES string of the molecule is CN(CCc1cccs1)S(=O)(=O)c1c(N)ncn1C. The number of aromatic nitrogens is 2. The highest BCUT2D eigenvalue weighted by molar-refractivity contribution is 7.89. The van der Waals surface area contributed by atoms with Gasteiger partial charge in [-0.15, -0.1) is 11.3 Å². The number of aryl methyl sites for hydroxylation is 1. The van der Waals surface area contributed by atoms with Gasteiger partial charge in [0.25, 0.3) is 10.0 Å². The molecule has 8 heteroatoms. The predicted octanol–water partition coefficient (Wildman–Crippen LogP) is 0.927. The van der Waals surface area contributed by atoms with Gasteiger partial charge in [-0.25, -0.2) is 13.4 Å². The van der Waals surface area contributed by atoms with Crippen LogP contribution in [0.4, 0.5) is 5.82 Å². The monoisotopic (exact) mass is 300 g/mol. The fourth-order valence-corrected chi connectivity index (χ4v) is 3.79. The van der Waals surface area contributed by atoms with Gasteiger partial charge in [-0.3, -0.25) is 0 Å². The maximum absolute atomic E-state index is 12.4. The van der Waals surface area contributed by atoms with Crippen molar-refractivity contribution in [3.8, 4) is 0 Å². The molecule has 0 spiro atoms. The predicted molar refractivity (Wildman–Crippen MR) is 75.5 cm³/mol. The molecule has 2 heterocycles. The van der Waals surface area contributed by atoms with E-state index in [1.54, 1.807) is 25.4 Å². The number of likely N-dealkylation sites (N-methyl/N-ethyl adjacent to an activating group) is 1. The highest BCUT2D eigenvalue weighted by Gasteiger charge is 2.27. The van der Waals surface area contributed by atoms with Crippen molar-refractivity contribution in [2.45, 2.75) is 11.4 Å². The van der Waals surface area contributed by atoms with Gasteiger partial charge >= 0.3 is 0 Å². The van der Waals surface area contributed by atoms with Gasteiger partial charge < -0.3 is 10.3 Å². The zero-order valence-electron chi connectivity index (χ0n) is 10.8. The highest BCUT2D eigenvalue weighted by atomic mass is 32.2. The summed E-state index contributed by atoms with van der Waals surface area (Å²) in [4.78, 5) is 4.96. The van der Waals surface area contributed by atoms with Gasteiger partial charge in [0.15, 0.2) is 10.8 Å². The maximum atomic E-state index is 12.4. The van der Waals surface area contributed by atoms with Crippen molar-refractivity contribution in [1.82, 2.24) is 13.9 Å². The van der Waals surface area contributed by atoms with E-state index in [1.807, 2.05) is 17.5 Å². The van der Waals surface area contributed by atoms with E-state index >= 15 is 0 Å². The summed E-state index contributed by atoms with van der Waals surface area (Å²) in [6.07, 6.45) is 2.08. The Hall–Kier alpha value is -1.38. The van der Waals surface area contributed by atoms with Crippen LogP contribution in [0.25, 0.3) is 0 Å². The molecule has 2 aromatic rings. The van der Waals surface area contributed by atoms with Gasteiger partial charge in [0.2, 0.25) is 0 Å². The van der Waals surface area contributed by atoms with Crippen LogP contribution >= 0.6 is 11.3 Å². The number of hydrogen-bond acceptors (Lipinski definition) is 5. The highest BCUT2D eigenvalue weighted by Crippen LogP contribution is 2.20. The zero-order valence-corrected chi connectivity index (χ0v) is 12.4. The molecule has 0 radical (unpaired) electrons. The maximum Gasteiger partial charge on any atom is 0.262 e. The molecule has 0 fully saturated rings. The van der Waals surface area contributed by atoms with Gasteiger partial charge in [0.05, 0.1) is 6.33 Å². The number of sulfonamides is 1. The molecule has 0 aliphatic rings. The summed E-state index contributed by atoms with van der Waals surface area (Å²) >= 11 is 1.62. The number of rotatable bonds is 5. The molecule has 0 bridgehead atoms. The van der Waals surface area contributed by atoms with Gasteiger partial charge in [0, 0.05) is 25.5 Å². The van der Waals surface area contributed by atoms with Crippen molar-refractivity contribution in [2.75, 3.05) is 19.3 Å². The minimum absolute atomic E-state index is 0.0328. The van der Waals surface area contributed by atoms with Crippen molar-refractivity contribution < 1.29 is 8.42 Å². The molecule has 6 nitrogen and oxygen atoms in total. The second kappa shape index (κ2) is 5.32. The average Bonchev–Trinajstić information content (AvgIpc) is 2.96. The van der Waals surface area contributed by atoms with E-state index in [0.29, 0.717) is 13.0 Å². The standard InChI is InChI=1S/C11H16N4O2S2/c1-14-8-13-10(12)11(14)19(16,17)15(2)6-5-9-4-3-7-18-9/h3-4,7-8H,5-6,12H2,1-2H3. The number of nitrogens with zero attached hydrogens (tertiary/aromatic N) is 3. The summed E-state index contributed by atoms with van der Waals surface area (Å²) in [6.45, 7) is 0.410. The second-order valence-electron chi connectivity index (χ2n) is 4.20. The first-order valence-corrected chi connectivity index (χ1v) is 8.00. The fourth-order valence-electron chi connectivity index (χ4n) is 1.74. The largest absolute Gasteiger partial charge is 0.381 e. The Bertz CT molecular complexity index is 627. The molecule has 2 aromatic heterocycles. The Labute approximate surface area is 116 Å². The number of nitrogens with two attached hydrogens (primary N) is 1. The summed E-state index contributed by atoms with van der Waals surface area (Å²) in [7, 11) is -0.431. The minimum Gasteiger partial charge on any atom is -0.381 e. The second-order valence-corrected chi connectivity index (χ2v) is 7.19. The molecule has 0 aliphatic heterocycles. The molecule has 0 unspecified atom stereocenters. The lowest BCUT2D eigenvalue weighted by atomic mass is 10.3. The summed E-state index contributed by atoms with van der Waals surface area (Å²) in [6, 6.07) is 3.94.